The molecule has 2 N–H and O–H groups in total. The maximum Gasteiger partial charge on any atom is 0.260 e. The van der Waals surface area contributed by atoms with Gasteiger partial charge in [0.1, 0.15) is 17.9 Å². The summed E-state index contributed by atoms with van der Waals surface area (Å²) in [5.41, 5.74) is 4.46. The van der Waals surface area contributed by atoms with Gasteiger partial charge in [0.25, 0.3) is 5.91 Å². The first-order valence-corrected chi connectivity index (χ1v) is 9.48. The fourth-order valence-corrected chi connectivity index (χ4v) is 3.93. The van der Waals surface area contributed by atoms with E-state index in [4.69, 9.17) is 4.42 Å². The normalized spacial score (nSPS) is 17.0. The molecule has 0 bridgehead atoms. The Hall–Kier alpha value is -2.89. The molecule has 27 heavy (non-hydrogen) atoms. The molecule has 0 unspecified atom stereocenters. The molecule has 0 radical (unpaired) electrons. The van der Waals surface area contributed by atoms with Crippen molar-refractivity contribution in [1.82, 2.24) is 9.97 Å². The number of furan rings is 1. The van der Waals surface area contributed by atoms with Gasteiger partial charge >= 0.3 is 0 Å². The Morgan fingerprint density at radius 3 is 2.89 bits per heavy atom. The predicted molar refractivity (Wildman–Crippen MR) is 104 cm³/mol. The Labute approximate surface area is 157 Å². The number of carbonyl (C=O) groups excluding carboxylic acids is 1. The average molecular weight is 362 g/mol. The van der Waals surface area contributed by atoms with E-state index in [1.54, 1.807) is 6.92 Å². The van der Waals surface area contributed by atoms with Gasteiger partial charge in [-0.05, 0) is 63.1 Å². The average Bonchev–Trinajstić information content (AvgIpc) is 3.06. The molecule has 2 aromatic heterocycles. The van der Waals surface area contributed by atoms with E-state index in [1.165, 1.54) is 17.5 Å². The van der Waals surface area contributed by atoms with Crippen LogP contribution in [0.3, 0.4) is 0 Å². The van der Waals surface area contributed by atoms with Crippen LogP contribution in [0.15, 0.2) is 28.9 Å². The number of rotatable bonds is 4. The number of fused-ring (bicyclic) bond motifs is 2. The largest absolute Gasteiger partial charge is 0.442 e. The smallest absolute Gasteiger partial charge is 0.260 e. The van der Waals surface area contributed by atoms with Crippen LogP contribution < -0.4 is 10.6 Å². The van der Waals surface area contributed by atoms with Crippen LogP contribution in [-0.2, 0) is 12.8 Å². The van der Waals surface area contributed by atoms with Crippen molar-refractivity contribution in [2.24, 2.45) is 0 Å². The van der Waals surface area contributed by atoms with Gasteiger partial charge in [0.05, 0.1) is 10.9 Å². The molecule has 5 rings (SSSR count). The highest BCUT2D eigenvalue weighted by atomic mass is 16.3. The Bertz CT molecular complexity index is 1070. The summed E-state index contributed by atoms with van der Waals surface area (Å²) in [5.74, 6) is 1.05. The van der Waals surface area contributed by atoms with E-state index >= 15 is 0 Å². The second-order valence-corrected chi connectivity index (χ2v) is 7.87. The topological polar surface area (TPSA) is 80.1 Å². The van der Waals surface area contributed by atoms with Crippen molar-refractivity contribution in [1.29, 1.82) is 0 Å². The van der Waals surface area contributed by atoms with E-state index in [2.05, 4.69) is 33.6 Å². The SMILES string of the molecule is Cc1oc2ncnc(NC3(C)CC3)c2c1C(=O)Nc1cccc2c1CCC2. The van der Waals surface area contributed by atoms with Gasteiger partial charge in [0.15, 0.2) is 0 Å². The highest BCUT2D eigenvalue weighted by Crippen LogP contribution is 2.40. The third-order valence-corrected chi connectivity index (χ3v) is 5.71. The molecule has 3 aromatic rings. The van der Waals surface area contributed by atoms with Crippen LogP contribution in [0.4, 0.5) is 11.5 Å². The summed E-state index contributed by atoms with van der Waals surface area (Å²) in [6, 6.07) is 6.12. The lowest BCUT2D eigenvalue weighted by Gasteiger charge is -2.14. The number of aryl methyl sites for hydroxylation is 2. The fraction of sp³-hybridized carbons (Fsp3) is 0.381. The number of nitrogens with zero attached hydrogens (tertiary/aromatic N) is 2. The molecule has 2 heterocycles. The van der Waals surface area contributed by atoms with Crippen molar-refractivity contribution in [2.45, 2.75) is 51.5 Å². The molecule has 0 aliphatic heterocycles. The molecular weight excluding hydrogens is 340 g/mol. The Kier molecular flexibility index (Phi) is 3.50. The van der Waals surface area contributed by atoms with Crippen LogP contribution >= 0.6 is 0 Å². The van der Waals surface area contributed by atoms with Gasteiger partial charge in [-0.3, -0.25) is 4.79 Å². The summed E-state index contributed by atoms with van der Waals surface area (Å²) in [7, 11) is 0. The molecule has 0 spiro atoms. The summed E-state index contributed by atoms with van der Waals surface area (Å²) in [5, 5.41) is 7.22. The van der Waals surface area contributed by atoms with Crippen molar-refractivity contribution in [3.05, 3.63) is 47.0 Å². The minimum absolute atomic E-state index is 0.0421. The maximum absolute atomic E-state index is 13.2. The first-order chi connectivity index (χ1) is 13.0. The molecule has 138 valence electrons. The van der Waals surface area contributed by atoms with Crippen molar-refractivity contribution >= 4 is 28.5 Å². The minimum atomic E-state index is -0.176. The number of anilines is 2. The number of hydrogen-bond acceptors (Lipinski definition) is 5. The van der Waals surface area contributed by atoms with Crippen LogP contribution in [0.5, 0.6) is 0 Å². The first-order valence-electron chi connectivity index (χ1n) is 9.48. The Morgan fingerprint density at radius 2 is 2.07 bits per heavy atom. The predicted octanol–water partition coefficient (Wildman–Crippen LogP) is 4.24. The van der Waals surface area contributed by atoms with Crippen molar-refractivity contribution in [2.75, 3.05) is 10.6 Å². The van der Waals surface area contributed by atoms with Crippen molar-refractivity contribution < 1.29 is 9.21 Å². The molecular formula is C21H22N4O2. The lowest BCUT2D eigenvalue weighted by atomic mass is 10.1. The Morgan fingerprint density at radius 1 is 1.22 bits per heavy atom. The van der Waals surface area contributed by atoms with Crippen LogP contribution in [0.1, 0.15) is 53.4 Å². The summed E-state index contributed by atoms with van der Waals surface area (Å²) in [6.07, 6.45) is 6.87. The molecule has 1 amide bonds. The molecule has 0 atom stereocenters. The lowest BCUT2D eigenvalue weighted by molar-refractivity contribution is 0.102. The highest BCUT2D eigenvalue weighted by molar-refractivity contribution is 6.15. The quantitative estimate of drug-likeness (QED) is 0.726. The Balaban J connectivity index is 1.55. The summed E-state index contributed by atoms with van der Waals surface area (Å²) in [4.78, 5) is 21.8. The van der Waals surface area contributed by atoms with E-state index in [0.29, 0.717) is 28.2 Å². The molecule has 1 aromatic carbocycles. The van der Waals surface area contributed by atoms with Crippen LogP contribution in [0.2, 0.25) is 0 Å². The van der Waals surface area contributed by atoms with Crippen molar-refractivity contribution in [3.63, 3.8) is 0 Å². The van der Waals surface area contributed by atoms with Gasteiger partial charge in [-0.1, -0.05) is 12.1 Å². The van der Waals surface area contributed by atoms with Gasteiger partial charge < -0.3 is 15.1 Å². The second-order valence-electron chi connectivity index (χ2n) is 7.87. The number of benzene rings is 1. The molecule has 6 heteroatoms. The van der Waals surface area contributed by atoms with Crippen molar-refractivity contribution in [3.8, 4) is 0 Å². The first kappa shape index (κ1) is 16.3. The van der Waals surface area contributed by atoms with Gasteiger partial charge in [-0.15, -0.1) is 0 Å². The number of amides is 1. The standard InChI is InChI=1S/C21H22N4O2/c1-12-16(19(26)24-15-8-4-6-13-5-3-7-14(13)15)17-18(25-21(2)9-10-21)22-11-23-20(17)27-12/h4,6,8,11H,3,5,7,9-10H2,1-2H3,(H,24,26)(H,22,23,25). The molecule has 1 fully saturated rings. The number of carbonyl (C=O) groups is 1. The van der Waals surface area contributed by atoms with E-state index in [1.807, 2.05) is 12.1 Å². The summed E-state index contributed by atoms with van der Waals surface area (Å²) < 4.78 is 5.77. The summed E-state index contributed by atoms with van der Waals surface area (Å²) in [6.45, 7) is 3.95. The molecule has 6 nitrogen and oxygen atoms in total. The van der Waals surface area contributed by atoms with E-state index in [-0.39, 0.29) is 11.4 Å². The maximum atomic E-state index is 13.2. The van der Waals surface area contributed by atoms with E-state index in [0.717, 1.165) is 37.8 Å². The number of hydrogen-bond donors (Lipinski definition) is 2. The number of nitrogens with one attached hydrogen (secondary N) is 2. The fourth-order valence-electron chi connectivity index (χ4n) is 3.93. The number of aromatic nitrogens is 2. The third-order valence-electron chi connectivity index (χ3n) is 5.71. The zero-order valence-corrected chi connectivity index (χ0v) is 15.6. The van der Waals surface area contributed by atoms with Crippen LogP contribution in [0, 0.1) is 6.92 Å². The second kappa shape index (κ2) is 5.81. The van der Waals surface area contributed by atoms with Gasteiger partial charge in [0.2, 0.25) is 5.71 Å². The molecule has 2 aliphatic rings. The highest BCUT2D eigenvalue weighted by Gasteiger charge is 2.38. The van der Waals surface area contributed by atoms with Gasteiger partial charge in [-0.25, -0.2) is 9.97 Å². The van der Waals surface area contributed by atoms with Gasteiger partial charge in [-0.2, -0.15) is 0 Å². The van der Waals surface area contributed by atoms with E-state index in [9.17, 15) is 4.79 Å². The minimum Gasteiger partial charge on any atom is -0.442 e. The zero-order valence-electron chi connectivity index (χ0n) is 15.6. The summed E-state index contributed by atoms with van der Waals surface area (Å²) >= 11 is 0. The third kappa shape index (κ3) is 2.76. The molecule has 2 aliphatic carbocycles. The monoisotopic (exact) mass is 362 g/mol. The van der Waals surface area contributed by atoms with Crippen LogP contribution in [0.25, 0.3) is 11.1 Å². The lowest BCUT2D eigenvalue weighted by Crippen LogP contribution is -2.19. The molecule has 0 saturated heterocycles. The van der Waals surface area contributed by atoms with Gasteiger partial charge in [0, 0.05) is 11.2 Å². The van der Waals surface area contributed by atoms with Crippen LogP contribution in [-0.4, -0.2) is 21.4 Å². The zero-order chi connectivity index (χ0) is 18.6. The van der Waals surface area contributed by atoms with E-state index < -0.39 is 0 Å². The molecule has 1 saturated carbocycles.